The molecule has 1 N–H and O–H groups in total. The van der Waals surface area contributed by atoms with Crippen molar-refractivity contribution in [3.63, 3.8) is 0 Å². The van der Waals surface area contributed by atoms with Gasteiger partial charge in [0.15, 0.2) is 0 Å². The van der Waals surface area contributed by atoms with Gasteiger partial charge >= 0.3 is 29.0 Å². The Morgan fingerprint density at radius 3 is 2.93 bits per heavy atom. The Morgan fingerprint density at radius 1 is 1.43 bits per heavy atom. The molecule has 2 rings (SSSR count). The number of fused-ring (bicyclic) bond motifs is 1. The number of rotatable bonds is 1. The molecule has 4 heteroatoms. The fourth-order valence-corrected chi connectivity index (χ4v) is 1.43. The zero-order chi connectivity index (χ0) is 9.26. The monoisotopic (exact) mass is 201 g/mol. The summed E-state index contributed by atoms with van der Waals surface area (Å²) in [5, 5.41) is 8.90. The van der Waals surface area contributed by atoms with Crippen LogP contribution in [-0.2, 0) is 4.79 Å². The molecular weight excluding hydrogens is 190 g/mol. The molecule has 14 heavy (non-hydrogen) atoms. The van der Waals surface area contributed by atoms with Gasteiger partial charge in [0.25, 0.3) is 0 Å². The number of nitrogens with zero attached hydrogens (tertiary/aromatic N) is 1. The third-order valence-corrected chi connectivity index (χ3v) is 2.05. The minimum absolute atomic E-state index is 0. The second-order valence-corrected chi connectivity index (χ2v) is 2.87. The van der Waals surface area contributed by atoms with Gasteiger partial charge in [0.2, 0.25) is 0 Å². The molecule has 0 spiro atoms. The minimum Gasteiger partial charge on any atom is -1.00 e. The number of carboxylic acids is 1. The number of hydrogen-bond donors (Lipinski definition) is 1. The predicted octanol–water partition coefficient (Wildman–Crippen LogP) is 1.47. The number of allylic oxidation sites excluding steroid dienone is 4. The Kier molecular flexibility index (Phi) is 3.54. The summed E-state index contributed by atoms with van der Waals surface area (Å²) in [4.78, 5) is 12.6. The van der Waals surface area contributed by atoms with Crippen LogP contribution in [0, 0.1) is 0 Å². The molecule has 0 amide bonds. The Morgan fingerprint density at radius 2 is 2.21 bits per heavy atom. The first kappa shape index (κ1) is 11.1. The molecule has 2 aliphatic rings. The van der Waals surface area contributed by atoms with Crippen LogP contribution in [0.25, 0.3) is 0 Å². The maximum atomic E-state index is 10.8. The summed E-state index contributed by atoms with van der Waals surface area (Å²) in [5.74, 6) is -0.843. The van der Waals surface area contributed by atoms with E-state index in [1.165, 1.54) is 0 Å². The molecule has 0 atom stereocenters. The Bertz CT molecular complexity index is 375. The van der Waals surface area contributed by atoms with Gasteiger partial charge in [-0.1, -0.05) is 12.2 Å². The molecule has 0 aliphatic carbocycles. The van der Waals surface area contributed by atoms with Gasteiger partial charge in [0, 0.05) is 18.8 Å². The van der Waals surface area contributed by atoms with E-state index in [2.05, 4.69) is 0 Å². The number of carboxylic acid groups (broad SMARTS) is 1. The molecule has 3 nitrogen and oxygen atoms in total. The molecular formula is C10H11MgNO2. The molecule has 70 valence electrons. The van der Waals surface area contributed by atoms with Crippen LogP contribution in [0.1, 0.15) is 9.27 Å². The van der Waals surface area contributed by atoms with Gasteiger partial charge in [0.05, 0.1) is 11.3 Å². The van der Waals surface area contributed by atoms with Crippen molar-refractivity contribution in [3.8, 4) is 0 Å². The van der Waals surface area contributed by atoms with Crippen LogP contribution < -0.4 is 0 Å². The Hall–Kier alpha value is -1.00. The van der Waals surface area contributed by atoms with Gasteiger partial charge in [0.1, 0.15) is 0 Å². The zero-order valence-electron chi connectivity index (χ0n) is 9.68. The van der Waals surface area contributed by atoms with Crippen LogP contribution in [0.2, 0.25) is 0 Å². The molecule has 0 fully saturated rings. The standard InChI is InChI=1S/C10H9NO2.Mg.2H/c12-10(13)8-4-3-7-11-6-2-1-5-9(8)11;;;/h1-3,5-7H,4H2,(H,12,13);;;/q;+2;2*-1. The van der Waals surface area contributed by atoms with E-state index in [4.69, 9.17) is 5.11 Å². The molecule has 0 saturated carbocycles. The first-order valence-corrected chi connectivity index (χ1v) is 4.05. The van der Waals surface area contributed by atoms with Gasteiger partial charge in [-0.2, -0.15) is 0 Å². The minimum atomic E-state index is -0.843. The molecule has 0 aromatic carbocycles. The molecule has 0 aromatic heterocycles. The molecule has 0 radical (unpaired) electrons. The van der Waals surface area contributed by atoms with Crippen molar-refractivity contribution in [1.82, 2.24) is 4.90 Å². The summed E-state index contributed by atoms with van der Waals surface area (Å²) in [6.45, 7) is 0. The molecule has 0 aromatic rings. The van der Waals surface area contributed by atoms with E-state index in [0.29, 0.717) is 12.0 Å². The SMILES string of the molecule is O=C(O)C1=C2C=CC=CN2C=CC1.[H-].[H-].[Mg+2]. The van der Waals surface area contributed by atoms with Crippen LogP contribution in [0.3, 0.4) is 0 Å². The maximum absolute atomic E-state index is 10.8. The molecule has 2 heterocycles. The predicted molar refractivity (Wildman–Crippen MR) is 56.5 cm³/mol. The van der Waals surface area contributed by atoms with Crippen LogP contribution in [0.15, 0.2) is 48.0 Å². The van der Waals surface area contributed by atoms with E-state index in [9.17, 15) is 4.79 Å². The summed E-state index contributed by atoms with van der Waals surface area (Å²) in [7, 11) is 0. The van der Waals surface area contributed by atoms with Crippen molar-refractivity contribution in [2.75, 3.05) is 0 Å². The van der Waals surface area contributed by atoms with E-state index in [1.807, 2.05) is 41.6 Å². The molecule has 0 saturated heterocycles. The second kappa shape index (κ2) is 4.48. The van der Waals surface area contributed by atoms with Crippen LogP contribution in [0.4, 0.5) is 0 Å². The molecule has 0 unspecified atom stereocenters. The van der Waals surface area contributed by atoms with E-state index in [0.717, 1.165) is 5.70 Å². The van der Waals surface area contributed by atoms with Crippen molar-refractivity contribution >= 4 is 29.0 Å². The maximum Gasteiger partial charge on any atom is 2.00 e. The zero-order valence-corrected chi connectivity index (χ0v) is 9.10. The topological polar surface area (TPSA) is 40.5 Å². The van der Waals surface area contributed by atoms with Gasteiger partial charge < -0.3 is 12.9 Å². The Balaban J connectivity index is 0. The number of aliphatic carboxylic acids is 1. The van der Waals surface area contributed by atoms with E-state index < -0.39 is 5.97 Å². The average molecular weight is 202 g/mol. The molecule has 2 aliphatic heterocycles. The van der Waals surface area contributed by atoms with Crippen LogP contribution in [-0.4, -0.2) is 39.0 Å². The van der Waals surface area contributed by atoms with E-state index in [1.54, 1.807) is 0 Å². The van der Waals surface area contributed by atoms with Gasteiger partial charge in [-0.25, -0.2) is 4.79 Å². The third kappa shape index (κ3) is 1.91. The summed E-state index contributed by atoms with van der Waals surface area (Å²) >= 11 is 0. The third-order valence-electron chi connectivity index (χ3n) is 2.05. The van der Waals surface area contributed by atoms with Crippen molar-refractivity contribution < 1.29 is 12.8 Å². The summed E-state index contributed by atoms with van der Waals surface area (Å²) < 4.78 is 0. The summed E-state index contributed by atoms with van der Waals surface area (Å²) in [6.07, 6.45) is 11.6. The summed E-state index contributed by atoms with van der Waals surface area (Å²) in [5.41, 5.74) is 1.21. The van der Waals surface area contributed by atoms with Crippen molar-refractivity contribution in [2.45, 2.75) is 6.42 Å². The van der Waals surface area contributed by atoms with Gasteiger partial charge in [-0.15, -0.1) is 0 Å². The van der Waals surface area contributed by atoms with Crippen LogP contribution >= 0.6 is 0 Å². The first-order valence-electron chi connectivity index (χ1n) is 4.05. The van der Waals surface area contributed by atoms with E-state index in [-0.39, 0.29) is 25.9 Å². The fraction of sp³-hybridized carbons (Fsp3) is 0.100. The molecule has 0 bridgehead atoms. The first-order chi connectivity index (χ1) is 6.29. The number of hydrogen-bond acceptors (Lipinski definition) is 2. The largest absolute Gasteiger partial charge is 2.00 e. The second-order valence-electron chi connectivity index (χ2n) is 2.87. The summed E-state index contributed by atoms with van der Waals surface area (Å²) in [6, 6.07) is 0. The smallest absolute Gasteiger partial charge is 1.00 e. The average Bonchev–Trinajstić information content (AvgIpc) is 2.17. The van der Waals surface area contributed by atoms with Crippen molar-refractivity contribution in [1.29, 1.82) is 0 Å². The fourth-order valence-electron chi connectivity index (χ4n) is 1.43. The quantitative estimate of drug-likeness (QED) is 0.653. The Labute approximate surface area is 101 Å². The van der Waals surface area contributed by atoms with Gasteiger partial charge in [-0.05, 0) is 12.2 Å². The van der Waals surface area contributed by atoms with Crippen molar-refractivity contribution in [3.05, 3.63) is 48.0 Å². The van der Waals surface area contributed by atoms with Crippen molar-refractivity contribution in [2.24, 2.45) is 0 Å². The van der Waals surface area contributed by atoms with Gasteiger partial charge in [-0.3, -0.25) is 0 Å². The number of carbonyl (C=O) groups is 1. The van der Waals surface area contributed by atoms with Crippen LogP contribution in [0.5, 0.6) is 0 Å². The normalized spacial score (nSPS) is 17.9. The van der Waals surface area contributed by atoms with E-state index >= 15 is 0 Å².